The summed E-state index contributed by atoms with van der Waals surface area (Å²) in [5.41, 5.74) is 13.3. The molecule has 1 unspecified atom stereocenters. The number of hydrogen-bond acceptors (Lipinski definition) is 5. The van der Waals surface area contributed by atoms with Crippen molar-refractivity contribution in [3.8, 4) is 0 Å². The third-order valence-corrected chi connectivity index (χ3v) is 3.84. The quantitative estimate of drug-likeness (QED) is 0.742. The van der Waals surface area contributed by atoms with Gasteiger partial charge < -0.3 is 11.1 Å². The first-order chi connectivity index (χ1) is 9.17. The van der Waals surface area contributed by atoms with Crippen LogP contribution in [0.2, 0.25) is 0 Å². The van der Waals surface area contributed by atoms with Gasteiger partial charge in [0.05, 0.1) is 0 Å². The maximum absolute atomic E-state index is 6.39. The number of nitrogens with two attached hydrogens (primary N) is 2. The normalized spacial score (nSPS) is 27.6. The second-order valence-corrected chi connectivity index (χ2v) is 5.21. The van der Waals surface area contributed by atoms with Crippen molar-refractivity contribution in [1.82, 2.24) is 5.32 Å². The molecular formula is C14H19N5. The molecule has 1 aromatic rings. The van der Waals surface area contributed by atoms with Crippen LogP contribution in [0.1, 0.15) is 31.2 Å². The van der Waals surface area contributed by atoms with Crippen LogP contribution in [-0.4, -0.2) is 17.6 Å². The summed E-state index contributed by atoms with van der Waals surface area (Å²) in [6.07, 6.45) is 4.53. The number of hydrogen-bond donors (Lipinski definition) is 3. The smallest absolute Gasteiger partial charge is 0.210 e. The van der Waals surface area contributed by atoms with Gasteiger partial charge in [0.25, 0.3) is 0 Å². The predicted octanol–water partition coefficient (Wildman–Crippen LogP) is 1.15. The number of benzene rings is 1. The Bertz CT molecular complexity index is 516. The van der Waals surface area contributed by atoms with E-state index in [1.54, 1.807) is 0 Å². The number of guanidine groups is 1. The lowest BCUT2D eigenvalue weighted by Crippen LogP contribution is -2.53. The summed E-state index contributed by atoms with van der Waals surface area (Å²) in [7, 11) is 0. The van der Waals surface area contributed by atoms with Gasteiger partial charge in [0.15, 0.2) is 5.96 Å². The van der Waals surface area contributed by atoms with Gasteiger partial charge in [-0.1, -0.05) is 43.2 Å². The highest BCUT2D eigenvalue weighted by molar-refractivity contribution is 6.09. The highest BCUT2D eigenvalue weighted by Crippen LogP contribution is 2.35. The van der Waals surface area contributed by atoms with Crippen molar-refractivity contribution < 1.29 is 0 Å². The Morgan fingerprint density at radius 2 is 1.79 bits per heavy atom. The molecule has 1 saturated carbocycles. The Balaban J connectivity index is 1.96. The summed E-state index contributed by atoms with van der Waals surface area (Å²) in [5, 5.41) is 3.01. The molecule has 1 aliphatic carbocycles. The molecule has 0 saturated heterocycles. The maximum Gasteiger partial charge on any atom is 0.210 e. The number of aliphatic imine (C=N–C) groups is 2. The van der Waals surface area contributed by atoms with Gasteiger partial charge in [-0.05, 0) is 12.8 Å². The third-order valence-electron chi connectivity index (χ3n) is 3.84. The van der Waals surface area contributed by atoms with E-state index in [0.29, 0.717) is 11.8 Å². The number of nitrogens with zero attached hydrogens (tertiary/aromatic N) is 2. The van der Waals surface area contributed by atoms with Crippen molar-refractivity contribution in [3.63, 3.8) is 0 Å². The highest BCUT2D eigenvalue weighted by atomic mass is 15.3. The lowest BCUT2D eigenvalue weighted by molar-refractivity contribution is 0.294. The van der Waals surface area contributed by atoms with E-state index in [1.807, 2.05) is 30.3 Å². The first-order valence-electron chi connectivity index (χ1n) is 6.74. The van der Waals surface area contributed by atoms with Crippen LogP contribution >= 0.6 is 0 Å². The molecule has 0 bridgehead atoms. The molecule has 1 aromatic carbocycles. The molecule has 1 heterocycles. The van der Waals surface area contributed by atoms with Crippen molar-refractivity contribution in [3.05, 3.63) is 35.9 Å². The van der Waals surface area contributed by atoms with Gasteiger partial charge in [0, 0.05) is 11.5 Å². The Labute approximate surface area is 112 Å². The summed E-state index contributed by atoms with van der Waals surface area (Å²) in [6.45, 7) is 0. The Morgan fingerprint density at radius 1 is 1.11 bits per heavy atom. The number of amidine groups is 1. The minimum Gasteiger partial charge on any atom is -0.370 e. The minimum atomic E-state index is -0.906. The zero-order chi connectivity index (χ0) is 13.3. The van der Waals surface area contributed by atoms with Crippen molar-refractivity contribution in [2.45, 2.75) is 31.5 Å². The largest absolute Gasteiger partial charge is 0.370 e. The molecule has 5 nitrogen and oxygen atoms in total. The van der Waals surface area contributed by atoms with Gasteiger partial charge in [0.2, 0.25) is 5.79 Å². The van der Waals surface area contributed by atoms with Crippen LogP contribution in [0.5, 0.6) is 0 Å². The van der Waals surface area contributed by atoms with Gasteiger partial charge in [-0.15, -0.1) is 0 Å². The topological polar surface area (TPSA) is 88.8 Å². The third kappa shape index (κ3) is 2.33. The molecule has 3 rings (SSSR count). The lowest BCUT2D eigenvalue weighted by atomic mass is 9.99. The van der Waals surface area contributed by atoms with Crippen LogP contribution < -0.4 is 16.8 Å². The van der Waals surface area contributed by atoms with Crippen molar-refractivity contribution in [1.29, 1.82) is 0 Å². The summed E-state index contributed by atoms with van der Waals surface area (Å²) in [5.74, 6) is 0.439. The van der Waals surface area contributed by atoms with Crippen molar-refractivity contribution in [2.75, 3.05) is 0 Å². The molecule has 0 aromatic heterocycles. The molecule has 0 spiro atoms. The Hall–Kier alpha value is -1.88. The van der Waals surface area contributed by atoms with E-state index in [0.717, 1.165) is 18.4 Å². The minimum absolute atomic E-state index is 0.284. The molecule has 5 heteroatoms. The molecule has 1 fully saturated rings. The van der Waals surface area contributed by atoms with Gasteiger partial charge in [0.1, 0.15) is 5.84 Å². The van der Waals surface area contributed by atoms with E-state index < -0.39 is 5.79 Å². The van der Waals surface area contributed by atoms with Crippen LogP contribution in [0.25, 0.3) is 0 Å². The lowest BCUT2D eigenvalue weighted by Gasteiger charge is -2.32. The van der Waals surface area contributed by atoms with E-state index >= 15 is 0 Å². The molecule has 2 aliphatic rings. The van der Waals surface area contributed by atoms with Crippen LogP contribution in [0.4, 0.5) is 0 Å². The van der Waals surface area contributed by atoms with Crippen LogP contribution in [0, 0.1) is 5.92 Å². The summed E-state index contributed by atoms with van der Waals surface area (Å²) >= 11 is 0. The van der Waals surface area contributed by atoms with Crippen LogP contribution in [-0.2, 0) is 0 Å². The van der Waals surface area contributed by atoms with Gasteiger partial charge in [-0.25, -0.2) is 9.98 Å². The molecule has 100 valence electrons. The zero-order valence-electron chi connectivity index (χ0n) is 10.8. The number of rotatable bonds is 2. The van der Waals surface area contributed by atoms with Gasteiger partial charge in [-0.3, -0.25) is 5.73 Å². The van der Waals surface area contributed by atoms with Gasteiger partial charge >= 0.3 is 0 Å². The zero-order valence-corrected chi connectivity index (χ0v) is 10.8. The van der Waals surface area contributed by atoms with Crippen LogP contribution in [0.3, 0.4) is 0 Å². The average molecular weight is 257 g/mol. The second kappa shape index (κ2) is 4.66. The average Bonchev–Trinajstić information content (AvgIpc) is 2.93. The monoisotopic (exact) mass is 257 g/mol. The fourth-order valence-corrected chi connectivity index (χ4v) is 2.84. The summed E-state index contributed by atoms with van der Waals surface area (Å²) < 4.78 is 0. The molecular weight excluding hydrogens is 238 g/mol. The summed E-state index contributed by atoms with van der Waals surface area (Å²) in [6, 6.07) is 9.88. The highest BCUT2D eigenvalue weighted by Gasteiger charge is 2.39. The van der Waals surface area contributed by atoms with Gasteiger partial charge in [-0.2, -0.15) is 0 Å². The van der Waals surface area contributed by atoms with E-state index in [1.165, 1.54) is 12.8 Å². The van der Waals surface area contributed by atoms with E-state index in [9.17, 15) is 0 Å². The Morgan fingerprint density at radius 3 is 2.47 bits per heavy atom. The molecule has 1 aliphatic heterocycles. The maximum atomic E-state index is 6.39. The molecule has 5 N–H and O–H groups in total. The second-order valence-electron chi connectivity index (χ2n) is 5.21. The first kappa shape index (κ1) is 12.2. The fourth-order valence-electron chi connectivity index (χ4n) is 2.84. The molecule has 1 atom stereocenters. The van der Waals surface area contributed by atoms with Crippen LogP contribution in [0.15, 0.2) is 40.3 Å². The fraction of sp³-hybridized carbons (Fsp3) is 0.429. The molecule has 0 amide bonds. The van der Waals surface area contributed by atoms with E-state index in [-0.39, 0.29) is 5.92 Å². The molecule has 19 heavy (non-hydrogen) atoms. The van der Waals surface area contributed by atoms with E-state index in [2.05, 4.69) is 15.3 Å². The molecule has 0 radical (unpaired) electrons. The Kier molecular flexibility index (Phi) is 2.98. The van der Waals surface area contributed by atoms with E-state index in [4.69, 9.17) is 11.5 Å². The summed E-state index contributed by atoms with van der Waals surface area (Å²) in [4.78, 5) is 8.98. The first-order valence-corrected chi connectivity index (χ1v) is 6.74. The predicted molar refractivity (Wildman–Crippen MR) is 76.6 cm³/mol. The standard InChI is InChI=1S/C14H19N5/c15-13-17-12(10-6-2-1-3-7-10)18-14(16,19-13)11-8-4-5-9-11/h1-3,6-7,11H,4-5,8-9,16H2,(H3,15,17,18,19). The van der Waals surface area contributed by atoms with Crippen molar-refractivity contribution >= 4 is 11.8 Å². The van der Waals surface area contributed by atoms with Crippen molar-refractivity contribution in [2.24, 2.45) is 27.4 Å². The number of nitrogens with one attached hydrogen (secondary N) is 1. The SMILES string of the molecule is NC1=NC(N)(C2CCCC2)N=C(c2ccccc2)N1.